The molecule has 0 fully saturated rings. The second-order valence-corrected chi connectivity index (χ2v) is 4.81. The minimum absolute atomic E-state index is 0. The van der Waals surface area contributed by atoms with Crippen LogP contribution in [0, 0.1) is 0 Å². The molecule has 0 aliphatic rings. The second-order valence-electron chi connectivity index (χ2n) is 4.81. The number of aliphatic imine (C=N–C) groups is 1. The van der Waals surface area contributed by atoms with Crippen LogP contribution in [0.1, 0.15) is 5.56 Å². The van der Waals surface area contributed by atoms with Gasteiger partial charge < -0.3 is 14.5 Å². The van der Waals surface area contributed by atoms with Crippen LogP contribution in [0.25, 0.3) is 0 Å². The van der Waals surface area contributed by atoms with Gasteiger partial charge in [-0.15, -0.1) is 24.0 Å². The Labute approximate surface area is 146 Å². The van der Waals surface area contributed by atoms with E-state index in [1.807, 2.05) is 38.0 Å². The number of alkyl halides is 3. The zero-order valence-corrected chi connectivity index (χ0v) is 15.3. The number of hydrogen-bond acceptors (Lipinski definition) is 2. The summed E-state index contributed by atoms with van der Waals surface area (Å²) in [7, 11) is 7.38. The predicted octanol–water partition coefficient (Wildman–Crippen LogP) is 3.18. The molecular formula is C14H21F3IN3O. The van der Waals surface area contributed by atoms with Gasteiger partial charge in [0.05, 0.1) is 12.1 Å². The molecule has 0 aliphatic carbocycles. The van der Waals surface area contributed by atoms with E-state index in [1.165, 1.54) is 18.2 Å². The van der Waals surface area contributed by atoms with Gasteiger partial charge in [0.15, 0.2) is 5.96 Å². The molecule has 1 rings (SSSR count). The highest BCUT2D eigenvalue weighted by atomic mass is 127. The van der Waals surface area contributed by atoms with E-state index >= 15 is 0 Å². The highest BCUT2D eigenvalue weighted by Gasteiger charge is 2.33. The first kappa shape index (κ1) is 20.8. The lowest BCUT2D eigenvalue weighted by Gasteiger charge is -2.22. The Hall–Kier alpha value is -1.19. The molecule has 0 bridgehead atoms. The number of benzene rings is 1. The van der Waals surface area contributed by atoms with E-state index in [4.69, 9.17) is 4.74 Å². The molecule has 0 unspecified atom stereocenters. The maximum atomic E-state index is 12.8. The fourth-order valence-electron chi connectivity index (χ4n) is 1.81. The summed E-state index contributed by atoms with van der Waals surface area (Å²) < 4.78 is 43.5. The topological polar surface area (TPSA) is 28.1 Å². The number of guanidine groups is 1. The molecule has 0 spiro atoms. The van der Waals surface area contributed by atoms with Crippen molar-refractivity contribution in [3.05, 3.63) is 29.8 Å². The van der Waals surface area contributed by atoms with E-state index in [9.17, 15) is 13.2 Å². The summed E-state index contributed by atoms with van der Waals surface area (Å²) in [5.41, 5.74) is -0.769. The van der Waals surface area contributed by atoms with Crippen LogP contribution in [0.4, 0.5) is 13.2 Å². The van der Waals surface area contributed by atoms with E-state index in [0.717, 1.165) is 12.0 Å². The molecular weight excluding hydrogens is 410 g/mol. The van der Waals surface area contributed by atoms with Crippen molar-refractivity contribution in [3.63, 3.8) is 0 Å². The van der Waals surface area contributed by atoms with Gasteiger partial charge in [0.1, 0.15) is 12.4 Å². The average molecular weight is 431 g/mol. The number of ether oxygens (including phenoxy) is 1. The van der Waals surface area contributed by atoms with Crippen LogP contribution in [0.2, 0.25) is 0 Å². The first-order valence-corrected chi connectivity index (χ1v) is 6.41. The molecule has 1 aromatic rings. The second kappa shape index (κ2) is 9.06. The molecule has 0 heterocycles. The quantitative estimate of drug-likeness (QED) is 0.317. The van der Waals surface area contributed by atoms with E-state index < -0.39 is 11.7 Å². The number of rotatable bonds is 4. The lowest BCUT2D eigenvalue weighted by atomic mass is 10.2. The minimum atomic E-state index is -4.42. The zero-order valence-electron chi connectivity index (χ0n) is 13.0. The fourth-order valence-corrected chi connectivity index (χ4v) is 1.81. The fraction of sp³-hybridized carbons (Fsp3) is 0.500. The molecule has 1 aromatic carbocycles. The number of nitrogens with zero attached hydrogens (tertiary/aromatic N) is 3. The number of para-hydroxylation sites is 1. The van der Waals surface area contributed by atoms with Crippen molar-refractivity contribution >= 4 is 29.9 Å². The van der Waals surface area contributed by atoms with Crippen molar-refractivity contribution in [2.75, 3.05) is 41.3 Å². The Balaban J connectivity index is 0.00000441. The van der Waals surface area contributed by atoms with Gasteiger partial charge in [-0.05, 0) is 12.1 Å². The maximum absolute atomic E-state index is 12.8. The van der Waals surface area contributed by atoms with Gasteiger partial charge in [-0.1, -0.05) is 12.1 Å². The van der Waals surface area contributed by atoms with Crippen LogP contribution >= 0.6 is 24.0 Å². The van der Waals surface area contributed by atoms with E-state index in [1.54, 1.807) is 0 Å². The van der Waals surface area contributed by atoms with E-state index in [-0.39, 0.29) is 42.9 Å². The van der Waals surface area contributed by atoms with Gasteiger partial charge in [-0.2, -0.15) is 13.2 Å². The lowest BCUT2D eigenvalue weighted by molar-refractivity contribution is -0.138. The summed E-state index contributed by atoms with van der Waals surface area (Å²) in [6.07, 6.45) is -4.42. The Morgan fingerprint density at radius 1 is 1.09 bits per heavy atom. The van der Waals surface area contributed by atoms with Crippen molar-refractivity contribution in [1.82, 2.24) is 9.80 Å². The lowest BCUT2D eigenvalue weighted by Crippen LogP contribution is -2.35. The van der Waals surface area contributed by atoms with Gasteiger partial charge in [0.25, 0.3) is 0 Å². The van der Waals surface area contributed by atoms with Crippen LogP contribution in [0.15, 0.2) is 29.3 Å². The van der Waals surface area contributed by atoms with E-state index in [0.29, 0.717) is 0 Å². The van der Waals surface area contributed by atoms with Gasteiger partial charge in [0.2, 0.25) is 0 Å². The summed E-state index contributed by atoms with van der Waals surface area (Å²) in [6, 6.07) is 5.16. The van der Waals surface area contributed by atoms with Crippen LogP contribution in [0.5, 0.6) is 5.75 Å². The van der Waals surface area contributed by atoms with Gasteiger partial charge >= 0.3 is 6.18 Å². The normalized spacial score (nSPS) is 10.5. The van der Waals surface area contributed by atoms with Gasteiger partial charge in [-0.25, -0.2) is 4.99 Å². The molecule has 8 heteroatoms. The third-order valence-electron chi connectivity index (χ3n) is 2.59. The highest BCUT2D eigenvalue weighted by molar-refractivity contribution is 14.0. The summed E-state index contributed by atoms with van der Waals surface area (Å²) in [5.74, 6) is 0.555. The molecule has 22 heavy (non-hydrogen) atoms. The largest absolute Gasteiger partial charge is 0.491 e. The predicted molar refractivity (Wildman–Crippen MR) is 92.0 cm³/mol. The smallest absolute Gasteiger partial charge is 0.419 e. The number of halogens is 4. The molecule has 0 aliphatic heterocycles. The van der Waals surface area contributed by atoms with E-state index in [2.05, 4.69) is 4.99 Å². The SMILES string of the molecule is CN(C)C(=NCCOc1ccccc1C(F)(F)F)N(C)C.I. The first-order chi connectivity index (χ1) is 9.73. The summed E-state index contributed by atoms with van der Waals surface area (Å²) >= 11 is 0. The molecule has 0 N–H and O–H groups in total. The Bertz CT molecular complexity index is 480. The molecule has 4 nitrogen and oxygen atoms in total. The molecule has 0 amide bonds. The van der Waals surface area contributed by atoms with Crippen molar-refractivity contribution in [1.29, 1.82) is 0 Å². The number of hydrogen-bond donors (Lipinski definition) is 0. The summed E-state index contributed by atoms with van der Waals surface area (Å²) in [6.45, 7) is 0.357. The van der Waals surface area contributed by atoms with Crippen LogP contribution in [0.3, 0.4) is 0 Å². The molecule has 0 atom stereocenters. The Morgan fingerprint density at radius 3 is 2.14 bits per heavy atom. The zero-order chi connectivity index (χ0) is 16.0. The molecule has 126 valence electrons. The van der Waals surface area contributed by atoms with Crippen molar-refractivity contribution < 1.29 is 17.9 Å². The average Bonchev–Trinajstić information content (AvgIpc) is 2.36. The molecule has 0 saturated heterocycles. The Kier molecular flexibility index (Phi) is 8.57. The van der Waals surface area contributed by atoms with Crippen LogP contribution in [-0.4, -0.2) is 57.1 Å². The summed E-state index contributed by atoms with van der Waals surface area (Å²) in [5, 5.41) is 0. The molecule has 0 radical (unpaired) electrons. The maximum Gasteiger partial charge on any atom is 0.419 e. The molecule has 0 aromatic heterocycles. The first-order valence-electron chi connectivity index (χ1n) is 6.41. The van der Waals surface area contributed by atoms with Gasteiger partial charge in [-0.3, -0.25) is 0 Å². The Morgan fingerprint density at radius 2 is 1.64 bits per heavy atom. The summed E-state index contributed by atoms with van der Waals surface area (Å²) in [4.78, 5) is 7.94. The minimum Gasteiger partial charge on any atom is -0.491 e. The third kappa shape index (κ3) is 6.29. The van der Waals surface area contributed by atoms with Crippen LogP contribution in [-0.2, 0) is 6.18 Å². The molecule has 0 saturated carbocycles. The third-order valence-corrected chi connectivity index (χ3v) is 2.59. The van der Waals surface area contributed by atoms with Gasteiger partial charge in [0, 0.05) is 28.2 Å². The van der Waals surface area contributed by atoms with Crippen molar-refractivity contribution in [2.45, 2.75) is 6.18 Å². The monoisotopic (exact) mass is 431 g/mol. The van der Waals surface area contributed by atoms with Crippen molar-refractivity contribution in [2.24, 2.45) is 4.99 Å². The standard InChI is InChI=1S/C14H20F3N3O.HI/c1-19(2)13(20(3)4)18-9-10-21-12-8-6-5-7-11(12)14(15,16)17;/h5-8H,9-10H2,1-4H3;1H. The van der Waals surface area contributed by atoms with Crippen LogP contribution < -0.4 is 4.74 Å². The highest BCUT2D eigenvalue weighted by Crippen LogP contribution is 2.35. The van der Waals surface area contributed by atoms with Crippen molar-refractivity contribution in [3.8, 4) is 5.75 Å².